The summed E-state index contributed by atoms with van der Waals surface area (Å²) in [5.41, 5.74) is 1.41. The van der Waals surface area contributed by atoms with E-state index in [1.165, 1.54) is 20.7 Å². The van der Waals surface area contributed by atoms with E-state index in [9.17, 15) is 0 Å². The third-order valence-electron chi connectivity index (χ3n) is 2.21. The van der Waals surface area contributed by atoms with Crippen molar-refractivity contribution in [1.29, 1.82) is 0 Å². The highest BCUT2D eigenvalue weighted by atomic mass is 32.1. The molecule has 2 heterocycles. The highest BCUT2D eigenvalue weighted by molar-refractivity contribution is 7.18. The van der Waals surface area contributed by atoms with Crippen LogP contribution >= 0.6 is 11.3 Å². The summed E-state index contributed by atoms with van der Waals surface area (Å²) in [6.45, 7) is 6.58. The Bertz CT molecular complexity index is 429. The molecular weight excluding hydrogens is 178 g/mol. The molecule has 13 heavy (non-hydrogen) atoms. The van der Waals surface area contributed by atoms with Crippen molar-refractivity contribution in [3.8, 4) is 0 Å². The molecule has 0 aromatic carbocycles. The molecule has 0 saturated heterocycles. The topological polar surface area (TPSA) is 12.9 Å². The van der Waals surface area contributed by atoms with Crippen LogP contribution in [0.15, 0.2) is 18.3 Å². The van der Waals surface area contributed by atoms with Crippen LogP contribution in [0.2, 0.25) is 0 Å². The van der Waals surface area contributed by atoms with Gasteiger partial charge >= 0.3 is 0 Å². The van der Waals surface area contributed by atoms with Crippen molar-refractivity contribution >= 4 is 21.6 Å². The van der Waals surface area contributed by atoms with Gasteiger partial charge in [-0.3, -0.25) is 0 Å². The number of aromatic nitrogens is 1. The molecule has 0 N–H and O–H groups in total. The van der Waals surface area contributed by atoms with E-state index >= 15 is 0 Å². The van der Waals surface area contributed by atoms with Gasteiger partial charge in [0.25, 0.3) is 0 Å². The summed E-state index contributed by atoms with van der Waals surface area (Å²) in [6.07, 6.45) is 1.91. The molecule has 2 heteroatoms. The summed E-state index contributed by atoms with van der Waals surface area (Å²) in [5.74, 6) is 0.583. The summed E-state index contributed by atoms with van der Waals surface area (Å²) >= 11 is 1.77. The van der Waals surface area contributed by atoms with Crippen LogP contribution in [-0.2, 0) is 0 Å². The standard InChI is InChI=1S/C11H13NS/c1-7(2)9-4-5-12-11-10(9)6-8(3)13-11/h4-7H,1-3H3. The second kappa shape index (κ2) is 3.11. The molecular formula is C11H13NS. The van der Waals surface area contributed by atoms with E-state index in [1.807, 2.05) is 6.20 Å². The average molecular weight is 191 g/mol. The van der Waals surface area contributed by atoms with E-state index in [-0.39, 0.29) is 0 Å². The second-order valence-corrected chi connectivity index (χ2v) is 4.87. The van der Waals surface area contributed by atoms with Crippen LogP contribution in [0.25, 0.3) is 10.2 Å². The van der Waals surface area contributed by atoms with Crippen molar-refractivity contribution in [1.82, 2.24) is 4.98 Å². The van der Waals surface area contributed by atoms with Crippen LogP contribution in [0.4, 0.5) is 0 Å². The summed E-state index contributed by atoms with van der Waals surface area (Å²) < 4.78 is 0. The van der Waals surface area contributed by atoms with Crippen molar-refractivity contribution in [2.75, 3.05) is 0 Å². The first-order valence-electron chi connectivity index (χ1n) is 4.53. The molecule has 2 aromatic heterocycles. The summed E-state index contributed by atoms with van der Waals surface area (Å²) in [7, 11) is 0. The van der Waals surface area contributed by atoms with Crippen molar-refractivity contribution in [3.63, 3.8) is 0 Å². The molecule has 0 bridgehead atoms. The minimum Gasteiger partial charge on any atom is -0.245 e. The summed E-state index contributed by atoms with van der Waals surface area (Å²) in [4.78, 5) is 6.88. The van der Waals surface area contributed by atoms with Crippen LogP contribution in [0.5, 0.6) is 0 Å². The Labute approximate surface area is 82.4 Å². The smallest absolute Gasteiger partial charge is 0.123 e. The quantitative estimate of drug-likeness (QED) is 0.669. The molecule has 0 amide bonds. The number of nitrogens with zero attached hydrogens (tertiary/aromatic N) is 1. The highest BCUT2D eigenvalue weighted by Gasteiger charge is 2.07. The molecule has 68 valence electrons. The van der Waals surface area contributed by atoms with Crippen LogP contribution in [-0.4, -0.2) is 4.98 Å². The van der Waals surface area contributed by atoms with Gasteiger partial charge in [-0.25, -0.2) is 4.98 Å². The fourth-order valence-electron chi connectivity index (χ4n) is 1.58. The van der Waals surface area contributed by atoms with Crippen molar-refractivity contribution in [2.45, 2.75) is 26.7 Å². The van der Waals surface area contributed by atoms with Crippen LogP contribution < -0.4 is 0 Å². The van der Waals surface area contributed by atoms with Gasteiger partial charge in [0.05, 0.1) is 0 Å². The summed E-state index contributed by atoms with van der Waals surface area (Å²) in [6, 6.07) is 4.36. The van der Waals surface area contributed by atoms with Gasteiger partial charge in [0.15, 0.2) is 0 Å². The Morgan fingerprint density at radius 2 is 2.15 bits per heavy atom. The predicted octanol–water partition coefficient (Wildman–Crippen LogP) is 3.73. The average Bonchev–Trinajstić information content (AvgIpc) is 2.43. The Hall–Kier alpha value is -0.890. The highest BCUT2D eigenvalue weighted by Crippen LogP contribution is 2.29. The predicted molar refractivity (Wildman–Crippen MR) is 58.4 cm³/mol. The lowest BCUT2D eigenvalue weighted by Gasteiger charge is -2.05. The minimum absolute atomic E-state index is 0.583. The number of rotatable bonds is 1. The van der Waals surface area contributed by atoms with E-state index < -0.39 is 0 Å². The second-order valence-electron chi connectivity index (χ2n) is 3.63. The first-order valence-corrected chi connectivity index (χ1v) is 5.35. The van der Waals surface area contributed by atoms with Crippen LogP contribution in [0, 0.1) is 6.92 Å². The lowest BCUT2D eigenvalue weighted by atomic mass is 10.0. The van der Waals surface area contributed by atoms with E-state index in [2.05, 4.69) is 37.9 Å². The van der Waals surface area contributed by atoms with Gasteiger partial charge in [0, 0.05) is 16.5 Å². The van der Waals surface area contributed by atoms with Crippen LogP contribution in [0.1, 0.15) is 30.2 Å². The van der Waals surface area contributed by atoms with Gasteiger partial charge in [-0.05, 0) is 30.5 Å². The molecule has 2 rings (SSSR count). The molecule has 0 aliphatic rings. The van der Waals surface area contributed by atoms with Gasteiger partial charge in [-0.1, -0.05) is 13.8 Å². The van der Waals surface area contributed by atoms with E-state index in [4.69, 9.17) is 0 Å². The number of fused-ring (bicyclic) bond motifs is 1. The lowest BCUT2D eigenvalue weighted by Crippen LogP contribution is -1.87. The largest absolute Gasteiger partial charge is 0.245 e. The summed E-state index contributed by atoms with van der Waals surface area (Å²) in [5, 5.41) is 1.33. The molecule has 2 aromatic rings. The number of aryl methyl sites for hydroxylation is 1. The Kier molecular flexibility index (Phi) is 2.08. The molecule has 0 unspecified atom stereocenters. The Morgan fingerprint density at radius 1 is 1.38 bits per heavy atom. The molecule has 0 fully saturated rings. The first kappa shape index (κ1) is 8.70. The zero-order valence-corrected chi connectivity index (χ0v) is 8.98. The maximum atomic E-state index is 4.36. The Balaban J connectivity index is 2.75. The van der Waals surface area contributed by atoms with Gasteiger partial charge < -0.3 is 0 Å². The SMILES string of the molecule is Cc1cc2c(C(C)C)ccnc2s1. The molecule has 1 nitrogen and oxygen atoms in total. The Morgan fingerprint density at radius 3 is 2.85 bits per heavy atom. The molecule has 0 radical (unpaired) electrons. The molecule has 0 atom stereocenters. The lowest BCUT2D eigenvalue weighted by molar-refractivity contribution is 0.875. The zero-order valence-electron chi connectivity index (χ0n) is 8.16. The number of pyridine rings is 1. The fourth-order valence-corrected chi connectivity index (χ4v) is 2.47. The first-order chi connectivity index (χ1) is 6.18. The van der Waals surface area contributed by atoms with Crippen molar-refractivity contribution in [2.24, 2.45) is 0 Å². The maximum Gasteiger partial charge on any atom is 0.123 e. The van der Waals surface area contributed by atoms with Gasteiger partial charge in [0.2, 0.25) is 0 Å². The van der Waals surface area contributed by atoms with Crippen molar-refractivity contribution < 1.29 is 0 Å². The monoisotopic (exact) mass is 191 g/mol. The fraction of sp³-hybridized carbons (Fsp3) is 0.364. The van der Waals surface area contributed by atoms with Gasteiger partial charge in [-0.2, -0.15) is 0 Å². The van der Waals surface area contributed by atoms with E-state index in [1.54, 1.807) is 11.3 Å². The van der Waals surface area contributed by atoms with Gasteiger partial charge in [-0.15, -0.1) is 11.3 Å². The third kappa shape index (κ3) is 1.46. The molecule has 0 spiro atoms. The van der Waals surface area contributed by atoms with Crippen molar-refractivity contribution in [3.05, 3.63) is 28.8 Å². The molecule has 0 saturated carbocycles. The minimum atomic E-state index is 0.583. The maximum absolute atomic E-state index is 4.36. The van der Waals surface area contributed by atoms with Gasteiger partial charge in [0.1, 0.15) is 4.83 Å². The molecule has 0 aliphatic carbocycles. The zero-order chi connectivity index (χ0) is 9.42. The van der Waals surface area contributed by atoms with E-state index in [0.29, 0.717) is 5.92 Å². The van der Waals surface area contributed by atoms with Crippen LogP contribution in [0.3, 0.4) is 0 Å². The van der Waals surface area contributed by atoms with E-state index in [0.717, 1.165) is 0 Å². The number of thiophene rings is 1. The number of hydrogen-bond donors (Lipinski definition) is 0. The number of hydrogen-bond acceptors (Lipinski definition) is 2. The third-order valence-corrected chi connectivity index (χ3v) is 3.17. The molecule has 0 aliphatic heterocycles. The normalized spacial score (nSPS) is 11.4.